The Bertz CT molecular complexity index is 376. The molecular weight excluding hydrogens is 238 g/mol. The summed E-state index contributed by atoms with van der Waals surface area (Å²) in [6, 6.07) is 7.36. The van der Waals surface area contributed by atoms with Crippen LogP contribution in [0.2, 0.25) is 5.02 Å². The highest BCUT2D eigenvalue weighted by molar-refractivity contribution is 6.30. The smallest absolute Gasteiger partial charge is 0.243 e. The molecule has 0 bridgehead atoms. The summed E-state index contributed by atoms with van der Waals surface area (Å²) in [5.74, 6) is -0.185. The SMILES string of the molecule is C=CC(=O)NCCC(CO)c1ccc(Cl)cc1. The van der Waals surface area contributed by atoms with E-state index in [4.69, 9.17) is 11.6 Å². The van der Waals surface area contributed by atoms with Crippen molar-refractivity contribution in [2.75, 3.05) is 13.2 Å². The van der Waals surface area contributed by atoms with E-state index in [2.05, 4.69) is 11.9 Å². The van der Waals surface area contributed by atoms with Gasteiger partial charge in [0, 0.05) is 24.1 Å². The van der Waals surface area contributed by atoms with Gasteiger partial charge in [0.05, 0.1) is 0 Å². The maximum absolute atomic E-state index is 11.0. The van der Waals surface area contributed by atoms with Crippen LogP contribution >= 0.6 is 11.6 Å². The third kappa shape index (κ3) is 4.59. The molecule has 1 amide bonds. The zero-order valence-electron chi connectivity index (χ0n) is 9.53. The van der Waals surface area contributed by atoms with E-state index in [-0.39, 0.29) is 18.4 Å². The second-order valence-electron chi connectivity index (χ2n) is 3.71. The first-order valence-corrected chi connectivity index (χ1v) is 5.81. The van der Waals surface area contributed by atoms with Crippen molar-refractivity contribution >= 4 is 17.5 Å². The van der Waals surface area contributed by atoms with Gasteiger partial charge in [0.2, 0.25) is 5.91 Å². The summed E-state index contributed by atoms with van der Waals surface area (Å²) in [4.78, 5) is 11.0. The summed E-state index contributed by atoms with van der Waals surface area (Å²) in [6.45, 7) is 3.93. The molecule has 4 heteroatoms. The van der Waals surface area contributed by atoms with Crippen LogP contribution in [0, 0.1) is 0 Å². The number of rotatable bonds is 6. The highest BCUT2D eigenvalue weighted by Gasteiger charge is 2.10. The summed E-state index contributed by atoms with van der Waals surface area (Å²) in [5, 5.41) is 12.7. The lowest BCUT2D eigenvalue weighted by molar-refractivity contribution is -0.116. The molecule has 0 fully saturated rings. The minimum Gasteiger partial charge on any atom is -0.396 e. The molecule has 0 aliphatic rings. The predicted octanol–water partition coefficient (Wildman–Crippen LogP) is 2.11. The zero-order chi connectivity index (χ0) is 12.7. The Kier molecular flexibility index (Phi) is 5.73. The molecule has 0 aliphatic carbocycles. The number of aliphatic hydroxyl groups excluding tert-OH is 1. The minimum atomic E-state index is -0.196. The summed E-state index contributed by atoms with van der Waals surface area (Å²) < 4.78 is 0. The Balaban J connectivity index is 2.51. The maximum Gasteiger partial charge on any atom is 0.243 e. The molecule has 0 saturated heterocycles. The maximum atomic E-state index is 11.0. The van der Waals surface area contributed by atoms with Crippen molar-refractivity contribution < 1.29 is 9.90 Å². The molecule has 1 aromatic rings. The predicted molar refractivity (Wildman–Crippen MR) is 69.1 cm³/mol. The molecule has 1 unspecified atom stereocenters. The van der Waals surface area contributed by atoms with Crippen molar-refractivity contribution in [1.82, 2.24) is 5.32 Å². The fraction of sp³-hybridized carbons (Fsp3) is 0.308. The first kappa shape index (κ1) is 13.7. The van der Waals surface area contributed by atoms with Gasteiger partial charge in [-0.2, -0.15) is 0 Å². The Morgan fingerprint density at radius 1 is 1.47 bits per heavy atom. The molecule has 0 aromatic heterocycles. The lowest BCUT2D eigenvalue weighted by Crippen LogP contribution is -2.24. The van der Waals surface area contributed by atoms with Gasteiger partial charge < -0.3 is 10.4 Å². The van der Waals surface area contributed by atoms with Gasteiger partial charge in [-0.3, -0.25) is 4.79 Å². The third-order valence-corrected chi connectivity index (χ3v) is 2.79. The Morgan fingerprint density at radius 2 is 2.12 bits per heavy atom. The summed E-state index contributed by atoms with van der Waals surface area (Å²) in [5.41, 5.74) is 1.02. The average Bonchev–Trinajstić information content (AvgIpc) is 2.35. The quantitative estimate of drug-likeness (QED) is 0.763. The molecule has 1 atom stereocenters. The highest BCUT2D eigenvalue weighted by Crippen LogP contribution is 2.20. The lowest BCUT2D eigenvalue weighted by Gasteiger charge is -2.14. The molecule has 92 valence electrons. The van der Waals surface area contributed by atoms with Crippen molar-refractivity contribution in [2.24, 2.45) is 0 Å². The van der Waals surface area contributed by atoms with Crippen LogP contribution in [-0.2, 0) is 4.79 Å². The van der Waals surface area contributed by atoms with Gasteiger partial charge in [-0.15, -0.1) is 0 Å². The van der Waals surface area contributed by atoms with Gasteiger partial charge in [-0.1, -0.05) is 30.3 Å². The second-order valence-corrected chi connectivity index (χ2v) is 4.15. The fourth-order valence-corrected chi connectivity index (χ4v) is 1.67. The van der Waals surface area contributed by atoms with Crippen molar-refractivity contribution in [1.29, 1.82) is 0 Å². The van der Waals surface area contributed by atoms with Gasteiger partial charge in [0.25, 0.3) is 0 Å². The van der Waals surface area contributed by atoms with E-state index in [9.17, 15) is 9.90 Å². The normalized spacial score (nSPS) is 11.9. The first-order chi connectivity index (χ1) is 8.17. The zero-order valence-corrected chi connectivity index (χ0v) is 10.3. The van der Waals surface area contributed by atoms with Gasteiger partial charge in [-0.05, 0) is 30.2 Å². The van der Waals surface area contributed by atoms with Crippen molar-refractivity contribution in [3.63, 3.8) is 0 Å². The van der Waals surface area contributed by atoms with Gasteiger partial charge >= 0.3 is 0 Å². The Hall–Kier alpha value is -1.32. The minimum absolute atomic E-state index is 0.0115. The topological polar surface area (TPSA) is 49.3 Å². The molecule has 3 nitrogen and oxygen atoms in total. The second kappa shape index (κ2) is 7.09. The number of carbonyl (C=O) groups is 1. The molecule has 0 radical (unpaired) electrons. The van der Waals surface area contributed by atoms with Gasteiger partial charge in [0.1, 0.15) is 0 Å². The van der Waals surface area contributed by atoms with Crippen molar-refractivity contribution in [3.05, 3.63) is 47.5 Å². The van der Waals surface area contributed by atoms with Crippen LogP contribution in [0.4, 0.5) is 0 Å². The van der Waals surface area contributed by atoms with E-state index < -0.39 is 0 Å². The van der Waals surface area contributed by atoms with E-state index in [0.717, 1.165) is 5.56 Å². The molecule has 2 N–H and O–H groups in total. The van der Waals surface area contributed by atoms with Crippen LogP contribution in [0.1, 0.15) is 17.9 Å². The summed E-state index contributed by atoms with van der Waals surface area (Å²) in [6.07, 6.45) is 1.91. The molecule has 0 aliphatic heterocycles. The average molecular weight is 254 g/mol. The first-order valence-electron chi connectivity index (χ1n) is 5.44. The van der Waals surface area contributed by atoms with Crippen LogP contribution < -0.4 is 5.32 Å². The van der Waals surface area contributed by atoms with Gasteiger partial charge in [0.15, 0.2) is 0 Å². The molecule has 1 rings (SSSR count). The third-order valence-electron chi connectivity index (χ3n) is 2.54. The van der Waals surface area contributed by atoms with Crippen molar-refractivity contribution in [3.8, 4) is 0 Å². The molecule has 1 aromatic carbocycles. The lowest BCUT2D eigenvalue weighted by atomic mass is 9.97. The van der Waals surface area contributed by atoms with Gasteiger partial charge in [-0.25, -0.2) is 0 Å². The van der Waals surface area contributed by atoms with Crippen LogP contribution in [0.15, 0.2) is 36.9 Å². The standard InChI is InChI=1S/C13H16ClNO2/c1-2-13(17)15-8-7-11(9-16)10-3-5-12(14)6-4-10/h2-6,11,16H,1,7-9H2,(H,15,17). The highest BCUT2D eigenvalue weighted by atomic mass is 35.5. The number of hydrogen-bond donors (Lipinski definition) is 2. The van der Waals surface area contributed by atoms with Crippen LogP contribution in [0.3, 0.4) is 0 Å². The fourth-order valence-electron chi connectivity index (χ4n) is 1.54. The largest absolute Gasteiger partial charge is 0.396 e. The Morgan fingerprint density at radius 3 is 2.65 bits per heavy atom. The number of halogens is 1. The summed E-state index contributed by atoms with van der Waals surface area (Å²) in [7, 11) is 0. The van der Waals surface area contributed by atoms with E-state index in [1.807, 2.05) is 12.1 Å². The van der Waals surface area contributed by atoms with Crippen LogP contribution in [-0.4, -0.2) is 24.2 Å². The number of nitrogens with one attached hydrogen (secondary N) is 1. The van der Waals surface area contributed by atoms with E-state index >= 15 is 0 Å². The molecule has 0 saturated carbocycles. The van der Waals surface area contributed by atoms with E-state index in [1.165, 1.54) is 6.08 Å². The number of hydrogen-bond acceptors (Lipinski definition) is 2. The number of aliphatic hydroxyl groups is 1. The van der Waals surface area contributed by atoms with E-state index in [1.54, 1.807) is 12.1 Å². The number of carbonyl (C=O) groups excluding carboxylic acids is 1. The molecule has 0 heterocycles. The van der Waals surface area contributed by atoms with E-state index in [0.29, 0.717) is 18.0 Å². The van der Waals surface area contributed by atoms with Crippen molar-refractivity contribution in [2.45, 2.75) is 12.3 Å². The molecule has 17 heavy (non-hydrogen) atoms. The molecular formula is C13H16ClNO2. The Labute approximate surface area is 106 Å². The summed E-state index contributed by atoms with van der Waals surface area (Å²) >= 11 is 5.79. The number of benzene rings is 1. The van der Waals surface area contributed by atoms with Crippen LogP contribution in [0.5, 0.6) is 0 Å². The van der Waals surface area contributed by atoms with Crippen LogP contribution in [0.25, 0.3) is 0 Å². The number of amides is 1. The monoisotopic (exact) mass is 253 g/mol. The molecule has 0 spiro atoms.